The second-order valence-corrected chi connectivity index (χ2v) is 5.15. The zero-order valence-corrected chi connectivity index (χ0v) is 12.1. The lowest BCUT2D eigenvalue weighted by Gasteiger charge is -2.08. The second-order valence-electron chi connectivity index (χ2n) is 5.15. The highest BCUT2D eigenvalue weighted by molar-refractivity contribution is 5.80. The van der Waals surface area contributed by atoms with Crippen molar-refractivity contribution in [3.05, 3.63) is 59.5 Å². The van der Waals surface area contributed by atoms with Gasteiger partial charge in [0.25, 0.3) is 0 Å². The number of pyridine rings is 1. The van der Waals surface area contributed by atoms with Crippen LogP contribution >= 0.6 is 0 Å². The molecule has 0 bridgehead atoms. The minimum absolute atomic E-state index is 0.755. The van der Waals surface area contributed by atoms with E-state index in [0.717, 1.165) is 23.7 Å². The Morgan fingerprint density at radius 2 is 1.95 bits per heavy atom. The van der Waals surface area contributed by atoms with Crippen molar-refractivity contribution in [1.82, 2.24) is 9.55 Å². The normalized spacial score (nSPS) is 10.9. The molecule has 0 aliphatic rings. The number of aromatic nitrogens is 2. The van der Waals surface area contributed by atoms with Gasteiger partial charge in [0, 0.05) is 29.5 Å². The minimum Gasteiger partial charge on any atom is -0.497 e. The second kappa shape index (κ2) is 5.00. The summed E-state index contributed by atoms with van der Waals surface area (Å²) in [5, 5.41) is 1.27. The molecule has 3 rings (SSSR count). The van der Waals surface area contributed by atoms with Crippen LogP contribution in [0.4, 0.5) is 0 Å². The van der Waals surface area contributed by atoms with Crippen molar-refractivity contribution in [3.63, 3.8) is 0 Å². The minimum atomic E-state index is 0.755. The van der Waals surface area contributed by atoms with Crippen LogP contribution in [0.1, 0.15) is 17.0 Å². The van der Waals surface area contributed by atoms with Crippen LogP contribution in [-0.4, -0.2) is 16.7 Å². The zero-order chi connectivity index (χ0) is 14.1. The highest BCUT2D eigenvalue weighted by Crippen LogP contribution is 2.20. The van der Waals surface area contributed by atoms with Crippen molar-refractivity contribution >= 4 is 10.9 Å². The van der Waals surface area contributed by atoms with Gasteiger partial charge in [-0.15, -0.1) is 0 Å². The van der Waals surface area contributed by atoms with Crippen molar-refractivity contribution in [2.75, 3.05) is 7.11 Å². The summed E-state index contributed by atoms with van der Waals surface area (Å²) in [6.45, 7) is 4.86. The van der Waals surface area contributed by atoms with Crippen molar-refractivity contribution in [3.8, 4) is 5.75 Å². The number of aryl methyl sites for hydroxylation is 2. The summed E-state index contributed by atoms with van der Waals surface area (Å²) in [5.74, 6) is 0.861. The lowest BCUT2D eigenvalue weighted by Crippen LogP contribution is -2.02. The number of nitrogens with zero attached hydrogens (tertiary/aromatic N) is 2. The fourth-order valence-corrected chi connectivity index (χ4v) is 2.53. The molecule has 3 nitrogen and oxygen atoms in total. The van der Waals surface area contributed by atoms with E-state index in [1.165, 1.54) is 16.5 Å². The standard InChI is InChI=1S/C17H18N2O/c1-12-4-5-17-14(8-12)6-7-19(17)11-15-10-16(20-3)9-13(2)18-15/h4-10H,11H2,1-3H3. The molecule has 0 aliphatic carbocycles. The van der Waals surface area contributed by atoms with E-state index < -0.39 is 0 Å². The predicted octanol–water partition coefficient (Wildman–Crippen LogP) is 3.71. The Morgan fingerprint density at radius 1 is 1.10 bits per heavy atom. The number of benzene rings is 1. The molecule has 0 aliphatic heterocycles. The molecule has 0 fully saturated rings. The van der Waals surface area contributed by atoms with Crippen LogP contribution in [0.5, 0.6) is 5.75 Å². The number of rotatable bonds is 3. The first-order chi connectivity index (χ1) is 9.65. The molecule has 0 saturated carbocycles. The molecule has 0 unspecified atom stereocenters. The van der Waals surface area contributed by atoms with Gasteiger partial charge in [-0.3, -0.25) is 4.98 Å². The lowest BCUT2D eigenvalue weighted by atomic mass is 10.2. The number of ether oxygens (including phenoxy) is 1. The van der Waals surface area contributed by atoms with Gasteiger partial charge in [0.05, 0.1) is 19.3 Å². The van der Waals surface area contributed by atoms with E-state index in [-0.39, 0.29) is 0 Å². The van der Waals surface area contributed by atoms with Crippen molar-refractivity contribution in [1.29, 1.82) is 0 Å². The third-order valence-corrected chi connectivity index (χ3v) is 3.47. The molecule has 102 valence electrons. The van der Waals surface area contributed by atoms with Gasteiger partial charge in [-0.25, -0.2) is 0 Å². The van der Waals surface area contributed by atoms with Gasteiger partial charge in [-0.2, -0.15) is 0 Å². The summed E-state index contributed by atoms with van der Waals surface area (Å²) in [5.41, 5.74) is 4.51. The Morgan fingerprint density at radius 3 is 2.75 bits per heavy atom. The number of methoxy groups -OCH3 is 1. The molecule has 0 radical (unpaired) electrons. The molecule has 20 heavy (non-hydrogen) atoms. The van der Waals surface area contributed by atoms with E-state index in [9.17, 15) is 0 Å². The van der Waals surface area contributed by atoms with Gasteiger partial charge in [-0.1, -0.05) is 11.6 Å². The number of hydrogen-bond donors (Lipinski definition) is 0. The average Bonchev–Trinajstić information content (AvgIpc) is 2.80. The third-order valence-electron chi connectivity index (χ3n) is 3.47. The molecule has 0 atom stereocenters. The van der Waals surface area contributed by atoms with Gasteiger partial charge in [0.2, 0.25) is 0 Å². The van der Waals surface area contributed by atoms with Crippen LogP contribution < -0.4 is 4.74 Å². The number of hydrogen-bond acceptors (Lipinski definition) is 2. The maximum absolute atomic E-state index is 5.31. The lowest BCUT2D eigenvalue weighted by molar-refractivity contribution is 0.413. The SMILES string of the molecule is COc1cc(C)nc(Cn2ccc3cc(C)ccc32)c1. The van der Waals surface area contributed by atoms with Crippen LogP contribution in [0.15, 0.2) is 42.6 Å². The largest absolute Gasteiger partial charge is 0.497 e. The topological polar surface area (TPSA) is 27.1 Å². The average molecular weight is 266 g/mol. The van der Waals surface area contributed by atoms with Gasteiger partial charge in [-0.05, 0) is 37.4 Å². The molecular formula is C17H18N2O. The molecule has 3 aromatic rings. The van der Waals surface area contributed by atoms with E-state index in [1.54, 1.807) is 7.11 Å². The Bertz CT molecular complexity index is 759. The summed E-state index contributed by atoms with van der Waals surface area (Å²) in [7, 11) is 1.69. The van der Waals surface area contributed by atoms with Crippen LogP contribution in [0.25, 0.3) is 10.9 Å². The molecule has 3 heteroatoms. The van der Waals surface area contributed by atoms with Crippen molar-refractivity contribution in [2.24, 2.45) is 0 Å². The maximum atomic E-state index is 5.31. The summed E-state index contributed by atoms with van der Waals surface area (Å²) < 4.78 is 7.53. The summed E-state index contributed by atoms with van der Waals surface area (Å²) in [4.78, 5) is 4.58. The molecule has 0 amide bonds. The van der Waals surface area contributed by atoms with Crippen molar-refractivity contribution < 1.29 is 4.74 Å². The Labute approximate surface area is 118 Å². The van der Waals surface area contributed by atoms with Gasteiger partial charge >= 0.3 is 0 Å². The van der Waals surface area contributed by atoms with E-state index in [4.69, 9.17) is 4.74 Å². The molecule has 0 spiro atoms. The zero-order valence-electron chi connectivity index (χ0n) is 12.1. The fraction of sp³-hybridized carbons (Fsp3) is 0.235. The fourth-order valence-electron chi connectivity index (χ4n) is 2.53. The quantitative estimate of drug-likeness (QED) is 0.722. The van der Waals surface area contributed by atoms with Crippen LogP contribution in [0, 0.1) is 13.8 Å². The van der Waals surface area contributed by atoms with E-state index >= 15 is 0 Å². The molecule has 2 aromatic heterocycles. The summed E-state index contributed by atoms with van der Waals surface area (Å²) >= 11 is 0. The smallest absolute Gasteiger partial charge is 0.122 e. The van der Waals surface area contributed by atoms with Crippen LogP contribution in [-0.2, 0) is 6.54 Å². The third kappa shape index (κ3) is 2.39. The molecule has 1 aromatic carbocycles. The van der Waals surface area contributed by atoms with Gasteiger partial charge < -0.3 is 9.30 Å². The van der Waals surface area contributed by atoms with Gasteiger partial charge in [0.15, 0.2) is 0 Å². The summed E-state index contributed by atoms with van der Waals surface area (Å²) in [6, 6.07) is 12.6. The van der Waals surface area contributed by atoms with Crippen molar-refractivity contribution in [2.45, 2.75) is 20.4 Å². The first kappa shape index (κ1) is 12.7. The van der Waals surface area contributed by atoms with Crippen LogP contribution in [0.3, 0.4) is 0 Å². The molecule has 2 heterocycles. The molecule has 0 saturated heterocycles. The number of fused-ring (bicyclic) bond motifs is 1. The first-order valence-electron chi connectivity index (χ1n) is 6.73. The van der Waals surface area contributed by atoms with E-state index in [1.807, 2.05) is 19.1 Å². The monoisotopic (exact) mass is 266 g/mol. The van der Waals surface area contributed by atoms with Gasteiger partial charge in [0.1, 0.15) is 5.75 Å². The predicted molar refractivity (Wildman–Crippen MR) is 81.3 cm³/mol. The molecule has 0 N–H and O–H groups in total. The highest BCUT2D eigenvalue weighted by Gasteiger charge is 2.05. The maximum Gasteiger partial charge on any atom is 0.122 e. The highest BCUT2D eigenvalue weighted by atomic mass is 16.5. The van der Waals surface area contributed by atoms with Crippen LogP contribution in [0.2, 0.25) is 0 Å². The molecular weight excluding hydrogens is 248 g/mol. The van der Waals surface area contributed by atoms with E-state index in [0.29, 0.717) is 0 Å². The summed E-state index contributed by atoms with van der Waals surface area (Å²) in [6.07, 6.45) is 2.11. The van der Waals surface area contributed by atoms with E-state index in [2.05, 4.69) is 46.9 Å². The Hall–Kier alpha value is -2.29. The Kier molecular flexibility index (Phi) is 3.18. The first-order valence-corrected chi connectivity index (χ1v) is 6.73. The Balaban J connectivity index is 1.99.